The summed E-state index contributed by atoms with van der Waals surface area (Å²) < 4.78 is 20.3. The van der Waals surface area contributed by atoms with E-state index in [1.165, 1.54) is 47.3 Å². The van der Waals surface area contributed by atoms with Crippen molar-refractivity contribution in [1.29, 1.82) is 0 Å². The van der Waals surface area contributed by atoms with Crippen molar-refractivity contribution in [3.8, 4) is 17.1 Å². The van der Waals surface area contributed by atoms with Crippen LogP contribution in [0.25, 0.3) is 26.9 Å². The van der Waals surface area contributed by atoms with Gasteiger partial charge in [-0.15, -0.1) is 0 Å². The average Bonchev–Trinajstić information content (AvgIpc) is 3.32. The third kappa shape index (κ3) is 4.54. The first kappa shape index (κ1) is 27.5. The summed E-state index contributed by atoms with van der Waals surface area (Å²) in [6.45, 7) is 14.7. The van der Waals surface area contributed by atoms with Gasteiger partial charge in [-0.05, 0) is 97.8 Å². The average molecular weight is 593 g/mol. The van der Waals surface area contributed by atoms with E-state index in [0.717, 1.165) is 54.1 Å². The molecule has 8 nitrogen and oxygen atoms in total. The van der Waals surface area contributed by atoms with E-state index in [9.17, 15) is 9.18 Å². The lowest BCUT2D eigenvalue weighted by Gasteiger charge is -2.39. The summed E-state index contributed by atoms with van der Waals surface area (Å²) in [6.07, 6.45) is 7.12. The Morgan fingerprint density at radius 1 is 1.14 bits per heavy atom. The first-order valence-electron chi connectivity index (χ1n) is 16.0. The summed E-state index contributed by atoms with van der Waals surface area (Å²) in [4.78, 5) is 32.2. The molecule has 44 heavy (non-hydrogen) atoms. The van der Waals surface area contributed by atoms with Crippen LogP contribution in [0.15, 0.2) is 48.8 Å². The fraction of sp³-hybridized carbons (Fsp3) is 0.486. The Bertz CT molecular complexity index is 1710. The number of carbonyl (C=O) groups excluding carboxylic acids is 1. The van der Waals surface area contributed by atoms with Gasteiger partial charge < -0.3 is 19.4 Å². The third-order valence-corrected chi connectivity index (χ3v) is 10.8. The van der Waals surface area contributed by atoms with Crippen molar-refractivity contribution >= 4 is 22.6 Å². The fourth-order valence-corrected chi connectivity index (χ4v) is 8.55. The van der Waals surface area contributed by atoms with Crippen LogP contribution in [-0.4, -0.2) is 83.1 Å². The number of hydrogen-bond acceptors (Lipinski definition) is 6. The van der Waals surface area contributed by atoms with Crippen LogP contribution in [0.4, 0.5) is 10.2 Å². The minimum atomic E-state index is -0.999. The van der Waals surface area contributed by atoms with Crippen molar-refractivity contribution in [3.05, 3.63) is 71.3 Å². The van der Waals surface area contributed by atoms with Crippen LogP contribution < -0.4 is 9.64 Å². The van der Waals surface area contributed by atoms with Gasteiger partial charge in [0.05, 0.1) is 11.1 Å². The van der Waals surface area contributed by atoms with Crippen LogP contribution in [0.3, 0.4) is 0 Å². The zero-order valence-corrected chi connectivity index (χ0v) is 25.0. The van der Waals surface area contributed by atoms with E-state index in [-0.39, 0.29) is 18.6 Å². The number of hydrogen-bond donors (Lipinski definition) is 0. The molecule has 226 valence electrons. The number of amides is 1. The van der Waals surface area contributed by atoms with Crippen LogP contribution in [0.2, 0.25) is 0 Å². The summed E-state index contributed by atoms with van der Waals surface area (Å²) in [5.41, 5.74) is 6.29. The minimum Gasteiger partial charge on any atom is -0.461 e. The number of nitrogens with zero attached hydrogens (tertiary/aromatic N) is 6. The number of anilines is 1. The van der Waals surface area contributed by atoms with Gasteiger partial charge in [-0.25, -0.2) is 11.0 Å². The number of piperazine rings is 1. The maximum absolute atomic E-state index is 13.8. The van der Waals surface area contributed by atoms with Gasteiger partial charge in [0.25, 0.3) is 5.91 Å². The summed E-state index contributed by atoms with van der Waals surface area (Å²) in [5.74, 6) is 0.459. The van der Waals surface area contributed by atoms with Gasteiger partial charge in [-0.3, -0.25) is 9.69 Å². The van der Waals surface area contributed by atoms with E-state index in [1.807, 2.05) is 0 Å². The molecule has 3 atom stereocenters. The highest BCUT2D eigenvalue weighted by Gasteiger charge is 2.47. The number of benzene rings is 2. The van der Waals surface area contributed by atoms with E-state index in [0.29, 0.717) is 31.6 Å². The molecule has 1 saturated carbocycles. The normalized spacial score (nSPS) is 25.0. The SMILES string of the molecule is [C-]#[N+]C[C@H]1CN(c2nc(OCC34CCCN3CCC4)nc3cc(-c4cccc5c4[C@H]4C[C@H]4C5)ccc23)CCN1C(=O)C(=C)F. The largest absolute Gasteiger partial charge is 0.461 e. The second-order valence-electron chi connectivity index (χ2n) is 13.3. The molecule has 8 rings (SSSR count). The van der Waals surface area contributed by atoms with Crippen LogP contribution >= 0.6 is 0 Å². The number of fused-ring (bicyclic) bond motifs is 5. The highest BCUT2D eigenvalue weighted by Crippen LogP contribution is 2.58. The van der Waals surface area contributed by atoms with Gasteiger partial charge in [0.15, 0.2) is 5.83 Å². The van der Waals surface area contributed by atoms with Crippen molar-refractivity contribution < 1.29 is 13.9 Å². The second kappa shape index (κ2) is 10.6. The first-order chi connectivity index (χ1) is 21.4. The van der Waals surface area contributed by atoms with Crippen LogP contribution in [-0.2, 0) is 11.2 Å². The van der Waals surface area contributed by atoms with E-state index in [4.69, 9.17) is 21.3 Å². The van der Waals surface area contributed by atoms with Crippen molar-refractivity contribution in [2.75, 3.05) is 50.8 Å². The van der Waals surface area contributed by atoms with Gasteiger partial charge in [0.2, 0.25) is 6.54 Å². The maximum Gasteiger partial charge on any atom is 0.319 e. The topological polar surface area (TPSA) is 66.2 Å². The molecule has 3 saturated heterocycles. The Hall–Kier alpha value is -4.03. The Balaban J connectivity index is 1.17. The lowest BCUT2D eigenvalue weighted by Crippen LogP contribution is -2.56. The first-order valence-corrected chi connectivity index (χ1v) is 16.0. The molecule has 0 radical (unpaired) electrons. The highest BCUT2D eigenvalue weighted by molar-refractivity contribution is 5.94. The molecule has 0 spiro atoms. The van der Waals surface area contributed by atoms with Crippen molar-refractivity contribution in [2.24, 2.45) is 5.92 Å². The third-order valence-electron chi connectivity index (χ3n) is 10.8. The van der Waals surface area contributed by atoms with Gasteiger partial charge in [0.1, 0.15) is 18.5 Å². The van der Waals surface area contributed by atoms with Crippen LogP contribution in [0.5, 0.6) is 6.01 Å². The van der Waals surface area contributed by atoms with Gasteiger partial charge in [-0.1, -0.05) is 30.8 Å². The van der Waals surface area contributed by atoms with E-state index < -0.39 is 17.8 Å². The molecule has 2 aliphatic carbocycles. The molecule has 0 N–H and O–H groups in total. The quantitative estimate of drug-likeness (QED) is 0.271. The molecule has 1 amide bonds. The van der Waals surface area contributed by atoms with Crippen molar-refractivity contribution in [2.45, 2.75) is 56.0 Å². The molecule has 4 fully saturated rings. The van der Waals surface area contributed by atoms with Crippen molar-refractivity contribution in [3.63, 3.8) is 0 Å². The predicted molar refractivity (Wildman–Crippen MR) is 167 cm³/mol. The van der Waals surface area contributed by atoms with Gasteiger partial charge >= 0.3 is 6.01 Å². The molecule has 3 aliphatic heterocycles. The zero-order valence-electron chi connectivity index (χ0n) is 25.0. The standard InChI is InChI=1S/C35H37FN6O2/c1-22(36)33(43)42-15-14-40(20-26(42)19-37-2)32-28-9-8-23(27-7-3-6-24-16-25-17-29(25)31(24)27)18-30(28)38-34(39-32)44-21-35-10-4-12-41(35)13-5-11-35/h3,6-9,18,25-26,29H,1,4-5,10-17,19-21H2/t25-,26+,29+/m1/s1. The fourth-order valence-electron chi connectivity index (χ4n) is 8.55. The van der Waals surface area contributed by atoms with Crippen LogP contribution in [0, 0.1) is 12.5 Å². The molecule has 0 bridgehead atoms. The predicted octanol–water partition coefficient (Wildman–Crippen LogP) is 5.38. The molecule has 9 heteroatoms. The smallest absolute Gasteiger partial charge is 0.319 e. The number of halogens is 1. The lowest BCUT2D eigenvalue weighted by molar-refractivity contribution is -0.131. The summed E-state index contributed by atoms with van der Waals surface area (Å²) in [7, 11) is 0. The van der Waals surface area contributed by atoms with Crippen LogP contribution in [0.1, 0.15) is 49.1 Å². The minimum absolute atomic E-state index is 0.0627. The Morgan fingerprint density at radius 2 is 1.98 bits per heavy atom. The summed E-state index contributed by atoms with van der Waals surface area (Å²) >= 11 is 0. The molecule has 0 unspecified atom stereocenters. The molecule has 1 aromatic heterocycles. The molecule has 4 heterocycles. The molecular weight excluding hydrogens is 555 g/mol. The van der Waals surface area contributed by atoms with E-state index in [1.54, 1.807) is 0 Å². The lowest BCUT2D eigenvalue weighted by atomic mass is 9.94. The van der Waals surface area contributed by atoms with Crippen molar-refractivity contribution in [1.82, 2.24) is 19.8 Å². The maximum atomic E-state index is 13.8. The second-order valence-corrected chi connectivity index (χ2v) is 13.3. The Morgan fingerprint density at radius 3 is 2.77 bits per heavy atom. The Kier molecular flexibility index (Phi) is 6.60. The number of ether oxygens (including phenoxy) is 1. The zero-order chi connectivity index (χ0) is 30.0. The van der Waals surface area contributed by atoms with E-state index >= 15 is 0 Å². The summed E-state index contributed by atoms with van der Waals surface area (Å²) in [6, 6.07) is 13.0. The molecule has 3 aromatic rings. The monoisotopic (exact) mass is 592 g/mol. The molecular formula is C35H37FN6O2. The summed E-state index contributed by atoms with van der Waals surface area (Å²) in [5, 5.41) is 0.899. The van der Waals surface area contributed by atoms with E-state index in [2.05, 4.69) is 57.6 Å². The number of rotatable bonds is 7. The molecule has 5 aliphatic rings. The molecule has 2 aromatic carbocycles. The number of carbonyl (C=O) groups is 1. The van der Waals surface area contributed by atoms with Gasteiger partial charge in [0, 0.05) is 25.0 Å². The highest BCUT2D eigenvalue weighted by atomic mass is 19.1. The number of aromatic nitrogens is 2. The Labute approximate surface area is 257 Å². The van der Waals surface area contributed by atoms with Gasteiger partial charge in [-0.2, -0.15) is 9.97 Å².